The number of morpholine rings is 1. The average molecular weight is 257 g/mol. The van der Waals surface area contributed by atoms with Crippen LogP contribution in [0.15, 0.2) is 0 Å². The van der Waals surface area contributed by atoms with Crippen molar-refractivity contribution in [3.63, 3.8) is 0 Å². The van der Waals surface area contributed by atoms with Gasteiger partial charge in [-0.25, -0.2) is 0 Å². The average Bonchev–Trinajstić information content (AvgIpc) is 2.61. The monoisotopic (exact) mass is 258 g/mol. The van der Waals surface area contributed by atoms with E-state index >= 15 is 0 Å². The maximum absolute atomic E-state index is 8.76. The summed E-state index contributed by atoms with van der Waals surface area (Å²) >= 11 is -0.00380. The Kier molecular flexibility index (Phi) is 2.73. The first-order chi connectivity index (χ1) is 6.81. The van der Waals surface area contributed by atoms with Gasteiger partial charge in [0, 0.05) is 0 Å². The number of ether oxygens (including phenoxy) is 1. The summed E-state index contributed by atoms with van der Waals surface area (Å²) in [5, 5.41) is 8.76. The van der Waals surface area contributed by atoms with Crippen molar-refractivity contribution in [2.24, 2.45) is 0 Å². The summed E-state index contributed by atoms with van der Waals surface area (Å²) in [6.07, 6.45) is 0. The van der Waals surface area contributed by atoms with Crippen LogP contribution in [0.5, 0.6) is 0 Å². The van der Waals surface area contributed by atoms with Gasteiger partial charge in [0.25, 0.3) is 0 Å². The fourth-order valence-electron chi connectivity index (χ4n) is 1.29. The molecule has 2 N–H and O–H groups in total. The molecule has 0 unspecified atom stereocenters. The van der Waals surface area contributed by atoms with E-state index in [1.54, 1.807) is 0 Å². The van der Waals surface area contributed by atoms with Crippen molar-refractivity contribution in [2.45, 2.75) is 0 Å². The number of hydrogen-bond donors (Lipinski definition) is 1. The number of nitrogens with two attached hydrogens (primary N) is 1. The zero-order valence-electron chi connectivity index (χ0n) is 7.56. The van der Waals surface area contributed by atoms with Crippen LogP contribution in [0.25, 0.3) is 0 Å². The van der Waals surface area contributed by atoms with Gasteiger partial charge in [0.05, 0.1) is 0 Å². The van der Waals surface area contributed by atoms with E-state index in [-0.39, 0.29) is 14.5 Å². The quantitative estimate of drug-likeness (QED) is 0.682. The van der Waals surface area contributed by atoms with Gasteiger partial charge in [-0.05, 0) is 0 Å². The molecular weight excluding hydrogens is 247 g/mol. The molecule has 0 saturated carbocycles. The van der Waals surface area contributed by atoms with Crippen molar-refractivity contribution in [2.75, 3.05) is 36.9 Å². The van der Waals surface area contributed by atoms with Crippen molar-refractivity contribution >= 4 is 25.0 Å². The molecule has 0 bridgehead atoms. The number of aromatic nitrogens is 1. The van der Waals surface area contributed by atoms with Gasteiger partial charge < -0.3 is 0 Å². The molecule has 6 heteroatoms. The van der Waals surface area contributed by atoms with Gasteiger partial charge in [-0.1, -0.05) is 0 Å². The summed E-state index contributed by atoms with van der Waals surface area (Å²) < 4.78 is 6.85. The van der Waals surface area contributed by atoms with E-state index in [2.05, 4.69) is 16.0 Å². The summed E-state index contributed by atoms with van der Waals surface area (Å²) in [4.78, 5) is 6.37. The third-order valence-electron chi connectivity index (χ3n) is 2.03. The zero-order valence-corrected chi connectivity index (χ0v) is 9.28. The van der Waals surface area contributed by atoms with Gasteiger partial charge in [-0.2, -0.15) is 0 Å². The molecule has 0 aliphatic carbocycles. The molecule has 74 valence electrons. The molecule has 1 aromatic heterocycles. The molecule has 14 heavy (non-hydrogen) atoms. The van der Waals surface area contributed by atoms with Crippen molar-refractivity contribution in [1.29, 1.82) is 5.26 Å². The van der Waals surface area contributed by atoms with Gasteiger partial charge in [-0.15, -0.1) is 0 Å². The van der Waals surface area contributed by atoms with Gasteiger partial charge in [0.15, 0.2) is 0 Å². The number of nitriles is 1. The minimum atomic E-state index is -0.00380. The van der Waals surface area contributed by atoms with Gasteiger partial charge in [0.2, 0.25) is 0 Å². The fourth-order valence-corrected chi connectivity index (χ4v) is 3.04. The number of nitrogens with zero attached hydrogens (tertiary/aromatic N) is 3. The van der Waals surface area contributed by atoms with Crippen LogP contribution in [-0.2, 0) is 4.74 Å². The minimum absolute atomic E-state index is 0.00380. The van der Waals surface area contributed by atoms with Crippen molar-refractivity contribution < 1.29 is 4.74 Å². The Morgan fingerprint density at radius 3 is 2.79 bits per heavy atom. The summed E-state index contributed by atoms with van der Waals surface area (Å²) in [5.41, 5.74) is 5.61. The summed E-state index contributed by atoms with van der Waals surface area (Å²) in [5.74, 6) is 0.397. The van der Waals surface area contributed by atoms with E-state index in [4.69, 9.17) is 15.7 Å². The van der Waals surface area contributed by atoms with Crippen LogP contribution < -0.4 is 10.6 Å². The number of nitrogen functional groups attached to an aromatic ring is 1. The molecule has 0 radical (unpaired) electrons. The Hall–Kier alpha value is -1.02. The molecule has 1 aliphatic rings. The first-order valence-electron chi connectivity index (χ1n) is 4.30. The molecular formula is C8H10N4OSe. The third kappa shape index (κ3) is 1.75. The molecule has 0 aromatic carbocycles. The molecule has 2 rings (SSSR count). The molecule has 0 amide bonds. The van der Waals surface area contributed by atoms with Crippen LogP contribution in [0, 0.1) is 11.3 Å². The predicted octanol–water partition coefficient (Wildman–Crippen LogP) is -0.571. The number of hydrogen-bond acceptors (Lipinski definition) is 5. The van der Waals surface area contributed by atoms with Crippen LogP contribution in [0.3, 0.4) is 0 Å². The molecule has 0 spiro atoms. The fraction of sp³-hybridized carbons (Fsp3) is 0.500. The molecule has 1 aromatic rings. The third-order valence-corrected chi connectivity index (χ3v) is 4.20. The van der Waals surface area contributed by atoms with E-state index in [1.807, 2.05) is 0 Å². The van der Waals surface area contributed by atoms with Crippen LogP contribution in [-0.4, -0.2) is 45.8 Å². The summed E-state index contributed by atoms with van der Waals surface area (Å²) in [7, 11) is 0. The Bertz CT molecular complexity index is 364. The molecule has 1 fully saturated rings. The van der Waals surface area contributed by atoms with E-state index in [0.717, 1.165) is 31.0 Å². The second kappa shape index (κ2) is 4.01. The normalized spacial score (nSPS) is 16.6. The summed E-state index contributed by atoms with van der Waals surface area (Å²) in [6, 6.07) is 2.09. The number of rotatable bonds is 1. The van der Waals surface area contributed by atoms with Crippen molar-refractivity contribution in [3.8, 4) is 6.07 Å². The van der Waals surface area contributed by atoms with Gasteiger partial charge >= 0.3 is 87.4 Å². The second-order valence-electron chi connectivity index (χ2n) is 2.92. The molecule has 1 saturated heterocycles. The Balaban J connectivity index is 2.19. The Morgan fingerprint density at radius 1 is 1.50 bits per heavy atom. The number of anilines is 2. The van der Waals surface area contributed by atoms with Gasteiger partial charge in [0.1, 0.15) is 0 Å². The van der Waals surface area contributed by atoms with Crippen LogP contribution in [0.4, 0.5) is 10.5 Å². The van der Waals surface area contributed by atoms with Crippen LogP contribution >= 0.6 is 0 Å². The van der Waals surface area contributed by atoms with Crippen molar-refractivity contribution in [3.05, 3.63) is 4.44 Å². The van der Waals surface area contributed by atoms with Gasteiger partial charge in [-0.3, -0.25) is 0 Å². The van der Waals surface area contributed by atoms with Crippen LogP contribution in [0.2, 0.25) is 0 Å². The first-order valence-corrected chi connectivity index (χ1v) is 6.01. The van der Waals surface area contributed by atoms with E-state index < -0.39 is 0 Å². The SMILES string of the molecule is N#Cc1[se]c(N2CCOCC2)nc1N. The summed E-state index contributed by atoms with van der Waals surface area (Å²) in [6.45, 7) is 3.17. The molecule has 5 nitrogen and oxygen atoms in total. The molecule has 1 aliphatic heterocycles. The molecule has 2 heterocycles. The van der Waals surface area contributed by atoms with Crippen molar-refractivity contribution in [1.82, 2.24) is 4.98 Å². The molecule has 0 atom stereocenters. The predicted molar refractivity (Wildman–Crippen MR) is 53.3 cm³/mol. The topological polar surface area (TPSA) is 75.2 Å². The van der Waals surface area contributed by atoms with E-state index in [1.165, 1.54) is 0 Å². The first kappa shape index (κ1) is 9.53. The Labute approximate surface area is 87.8 Å². The standard InChI is InChI=1S/C8H10N4OSe/c9-5-6-7(10)11-8(14-6)12-1-3-13-4-2-12/h1-4,10H2. The van der Waals surface area contributed by atoms with Crippen LogP contribution in [0.1, 0.15) is 4.44 Å². The Morgan fingerprint density at radius 2 is 2.21 bits per heavy atom. The van der Waals surface area contributed by atoms with E-state index in [9.17, 15) is 0 Å². The maximum atomic E-state index is 8.76. The van der Waals surface area contributed by atoms with E-state index in [0.29, 0.717) is 10.3 Å². The zero-order chi connectivity index (χ0) is 9.97. The second-order valence-corrected chi connectivity index (χ2v) is 4.97.